The number of para-hydroxylation sites is 2. The summed E-state index contributed by atoms with van der Waals surface area (Å²) in [6.45, 7) is 7.26. The Bertz CT molecular complexity index is 3120. The van der Waals surface area contributed by atoms with Gasteiger partial charge in [-0.3, -0.25) is 0 Å². The lowest BCUT2D eigenvalue weighted by Gasteiger charge is -2.53. The molecule has 6 aliphatic rings. The summed E-state index contributed by atoms with van der Waals surface area (Å²) in [5.41, 5.74) is 18.1. The summed E-state index contributed by atoms with van der Waals surface area (Å²) in [7, 11) is 0. The van der Waals surface area contributed by atoms with E-state index in [1.165, 1.54) is 124 Å². The molecule has 7 aromatic carbocycles. The third kappa shape index (κ3) is 7.25. The number of hydrogen-bond donors (Lipinski definition) is 0. The van der Waals surface area contributed by atoms with E-state index >= 15 is 0 Å². The number of fused-ring (bicyclic) bond motifs is 3. The second-order valence-electron chi connectivity index (χ2n) is 22.8. The molecule has 0 radical (unpaired) electrons. The average molecular weight is 913 g/mol. The minimum Gasteiger partial charge on any atom is -0.310 e. The molecular formula is C67H66N3+. The van der Waals surface area contributed by atoms with Crippen LogP contribution in [0.1, 0.15) is 107 Å². The highest BCUT2D eigenvalue weighted by Crippen LogP contribution is 2.58. The SMILES string of the molecule is CC1CCCC(c2ccc(N(c3ccccc3)c3cc[n+](C45CC6CC(CC(C6)C4)C5)cc3)cc2)(c2ccc(N(c3ccccc3)c3ccc4c(c3)C(C)(C)c3cccc(-c5ccccc5)c3-4)cc2)C1. The van der Waals surface area contributed by atoms with Crippen molar-refractivity contribution in [2.75, 3.05) is 9.80 Å². The Hall–Kier alpha value is -6.71. The van der Waals surface area contributed by atoms with Crippen molar-refractivity contribution in [3.63, 3.8) is 0 Å². The van der Waals surface area contributed by atoms with Crippen LogP contribution in [0.3, 0.4) is 0 Å². The van der Waals surface area contributed by atoms with E-state index in [0.717, 1.165) is 36.3 Å². The highest BCUT2D eigenvalue weighted by molar-refractivity contribution is 5.94. The molecule has 0 spiro atoms. The van der Waals surface area contributed by atoms with Gasteiger partial charge in [0.05, 0.1) is 5.69 Å². The Labute approximate surface area is 416 Å². The van der Waals surface area contributed by atoms with E-state index < -0.39 is 0 Å². The molecule has 3 heteroatoms. The third-order valence-electron chi connectivity index (χ3n) is 18.0. The van der Waals surface area contributed by atoms with Crippen LogP contribution in [0.25, 0.3) is 22.3 Å². The Kier molecular flexibility index (Phi) is 10.5. The Morgan fingerprint density at radius 3 is 1.51 bits per heavy atom. The van der Waals surface area contributed by atoms with Gasteiger partial charge < -0.3 is 9.80 Å². The van der Waals surface area contributed by atoms with Crippen LogP contribution < -0.4 is 14.4 Å². The van der Waals surface area contributed by atoms with Crippen molar-refractivity contribution in [1.29, 1.82) is 0 Å². The fourth-order valence-corrected chi connectivity index (χ4v) is 15.2. The van der Waals surface area contributed by atoms with Crippen LogP contribution in [0.15, 0.2) is 200 Å². The summed E-state index contributed by atoms with van der Waals surface area (Å²) in [5, 5.41) is 0. The Morgan fingerprint density at radius 1 is 0.457 bits per heavy atom. The van der Waals surface area contributed by atoms with Crippen molar-refractivity contribution >= 4 is 34.1 Å². The zero-order valence-electron chi connectivity index (χ0n) is 41.3. The van der Waals surface area contributed by atoms with Gasteiger partial charge in [-0.05, 0) is 161 Å². The van der Waals surface area contributed by atoms with Crippen LogP contribution in [0.5, 0.6) is 0 Å². The third-order valence-corrected chi connectivity index (χ3v) is 18.0. The Balaban J connectivity index is 0.838. The molecule has 1 aromatic heterocycles. The molecule has 0 aliphatic heterocycles. The monoisotopic (exact) mass is 913 g/mol. The van der Waals surface area contributed by atoms with Crippen LogP contribution in [0.2, 0.25) is 0 Å². The number of rotatable bonds is 10. The summed E-state index contributed by atoms with van der Waals surface area (Å²) in [6, 6.07) is 71.0. The number of nitrogens with zero attached hydrogens (tertiary/aromatic N) is 3. The first-order chi connectivity index (χ1) is 34.2. The number of benzene rings is 7. The van der Waals surface area contributed by atoms with Crippen molar-refractivity contribution < 1.29 is 4.57 Å². The molecule has 2 atom stereocenters. The summed E-state index contributed by atoms with van der Waals surface area (Å²) in [6.07, 6.45) is 18.1. The molecule has 8 aromatic rings. The molecule has 1 heterocycles. The highest BCUT2D eigenvalue weighted by Gasteiger charge is 2.56. The van der Waals surface area contributed by atoms with Gasteiger partial charge >= 0.3 is 0 Å². The second kappa shape index (κ2) is 17.0. The lowest BCUT2D eigenvalue weighted by molar-refractivity contribution is -0.776. The molecule has 14 rings (SSSR count). The normalized spacial score (nSPS) is 24.7. The van der Waals surface area contributed by atoms with Gasteiger partial charge in [-0.25, -0.2) is 0 Å². The van der Waals surface area contributed by atoms with Crippen LogP contribution in [0.4, 0.5) is 34.1 Å². The summed E-state index contributed by atoms with van der Waals surface area (Å²) in [4.78, 5) is 4.91. The molecule has 348 valence electrons. The predicted octanol–water partition coefficient (Wildman–Crippen LogP) is 17.3. The van der Waals surface area contributed by atoms with E-state index in [1.807, 2.05) is 0 Å². The van der Waals surface area contributed by atoms with Gasteiger partial charge in [0.25, 0.3) is 0 Å². The van der Waals surface area contributed by atoms with Crippen LogP contribution in [0, 0.1) is 23.7 Å². The molecule has 5 fully saturated rings. The van der Waals surface area contributed by atoms with Gasteiger partial charge in [-0.1, -0.05) is 149 Å². The quantitative estimate of drug-likeness (QED) is 0.127. The minimum atomic E-state index is -0.146. The molecule has 2 unspecified atom stereocenters. The van der Waals surface area contributed by atoms with Gasteiger partial charge in [-0.15, -0.1) is 0 Å². The predicted molar refractivity (Wildman–Crippen MR) is 290 cm³/mol. The maximum absolute atomic E-state index is 2.62. The number of anilines is 6. The maximum atomic E-state index is 2.62. The molecule has 6 aliphatic carbocycles. The summed E-state index contributed by atoms with van der Waals surface area (Å²) >= 11 is 0. The van der Waals surface area contributed by atoms with Crippen LogP contribution in [-0.2, 0) is 16.4 Å². The topological polar surface area (TPSA) is 10.4 Å². The standard InChI is InChI=1S/C67H66N3/c1-47-15-14-36-67(43-47,52-24-28-56(29-25-52)69(54-18-9-5-10-19-54)58-34-37-68(38-35-58)66-44-48-39-49(45-66)41-50(40-48)46-66)53-26-30-57(31-27-53)70(55-20-11-6-12-21-55)59-32-33-61-63(42-59)65(2,3)62-23-13-22-60(64(61)62)51-16-7-4-8-17-51/h4-13,16-35,37-38,42,47-50H,14-15,36,39-41,43-46H2,1-3H3/q+1. The lowest BCUT2D eigenvalue weighted by Crippen LogP contribution is -2.64. The van der Waals surface area contributed by atoms with E-state index in [2.05, 4.69) is 236 Å². The molecule has 5 saturated carbocycles. The zero-order chi connectivity index (χ0) is 47.0. The largest absolute Gasteiger partial charge is 0.310 e. The van der Waals surface area contributed by atoms with Crippen LogP contribution in [-0.4, -0.2) is 0 Å². The van der Waals surface area contributed by atoms with Crippen molar-refractivity contribution in [2.24, 2.45) is 23.7 Å². The first kappa shape index (κ1) is 43.3. The zero-order valence-corrected chi connectivity index (χ0v) is 41.3. The molecule has 0 saturated heterocycles. The van der Waals surface area contributed by atoms with Crippen molar-refractivity contribution in [3.8, 4) is 22.3 Å². The molecule has 0 amide bonds. The van der Waals surface area contributed by atoms with Crippen molar-refractivity contribution in [1.82, 2.24) is 0 Å². The van der Waals surface area contributed by atoms with E-state index in [0.29, 0.717) is 11.5 Å². The Morgan fingerprint density at radius 2 is 0.957 bits per heavy atom. The smallest absolute Gasteiger partial charge is 0.171 e. The lowest BCUT2D eigenvalue weighted by atomic mass is 9.53. The second-order valence-corrected chi connectivity index (χ2v) is 22.8. The fourth-order valence-electron chi connectivity index (χ4n) is 15.2. The highest BCUT2D eigenvalue weighted by atomic mass is 15.2. The first-order valence-electron chi connectivity index (χ1n) is 26.5. The molecular weight excluding hydrogens is 847 g/mol. The fraction of sp³-hybridized carbons (Fsp3) is 0.299. The van der Waals surface area contributed by atoms with E-state index in [4.69, 9.17) is 0 Å². The average Bonchev–Trinajstić information content (AvgIpc) is 3.63. The van der Waals surface area contributed by atoms with E-state index in [-0.39, 0.29) is 10.8 Å². The molecule has 4 bridgehead atoms. The maximum Gasteiger partial charge on any atom is 0.171 e. The van der Waals surface area contributed by atoms with Gasteiger partial charge in [0.15, 0.2) is 17.9 Å². The molecule has 70 heavy (non-hydrogen) atoms. The minimum absolute atomic E-state index is 0.0696. The van der Waals surface area contributed by atoms with E-state index in [9.17, 15) is 0 Å². The number of pyridine rings is 1. The molecule has 0 N–H and O–H groups in total. The summed E-state index contributed by atoms with van der Waals surface area (Å²) in [5.74, 6) is 3.41. The number of aromatic nitrogens is 1. The van der Waals surface area contributed by atoms with Crippen LogP contribution >= 0.6 is 0 Å². The number of hydrogen-bond acceptors (Lipinski definition) is 2. The van der Waals surface area contributed by atoms with Gasteiger partial charge in [0.1, 0.15) is 0 Å². The van der Waals surface area contributed by atoms with Gasteiger partial charge in [-0.2, -0.15) is 4.57 Å². The van der Waals surface area contributed by atoms with Crippen molar-refractivity contribution in [2.45, 2.75) is 101 Å². The molecule has 3 nitrogen and oxygen atoms in total. The summed E-state index contributed by atoms with van der Waals surface area (Å²) < 4.78 is 2.62. The first-order valence-corrected chi connectivity index (χ1v) is 26.5. The van der Waals surface area contributed by atoms with E-state index in [1.54, 1.807) is 0 Å². The van der Waals surface area contributed by atoms with Crippen molar-refractivity contribution in [3.05, 3.63) is 223 Å². The van der Waals surface area contributed by atoms with Gasteiger partial charge in [0.2, 0.25) is 0 Å². The van der Waals surface area contributed by atoms with Gasteiger partial charge in [0, 0.05) is 70.7 Å².